The predicted octanol–water partition coefficient (Wildman–Crippen LogP) is 2.55. The fourth-order valence-corrected chi connectivity index (χ4v) is 2.42. The van der Waals surface area contributed by atoms with Gasteiger partial charge in [0, 0.05) is 18.4 Å². The Morgan fingerprint density at radius 2 is 2.06 bits per heavy atom. The second-order valence-corrected chi connectivity index (χ2v) is 4.69. The van der Waals surface area contributed by atoms with Gasteiger partial charge in [-0.25, -0.2) is 0 Å². The molecular formula is C14H21NO2. The van der Waals surface area contributed by atoms with Crippen LogP contribution in [-0.2, 0) is 11.3 Å². The van der Waals surface area contributed by atoms with Crippen LogP contribution in [0.1, 0.15) is 31.2 Å². The molecule has 2 rings (SSSR count). The van der Waals surface area contributed by atoms with Gasteiger partial charge in [0.1, 0.15) is 0 Å². The maximum Gasteiger partial charge on any atom is 0.0741 e. The molecule has 1 aliphatic rings. The Hall–Kier alpha value is -1.06. The van der Waals surface area contributed by atoms with Crippen molar-refractivity contribution in [1.82, 2.24) is 0 Å². The molecule has 0 saturated heterocycles. The van der Waals surface area contributed by atoms with Crippen molar-refractivity contribution in [2.75, 3.05) is 12.4 Å². The lowest BCUT2D eigenvalue weighted by atomic mass is 9.92. The number of aliphatic hydroxyl groups excluding tert-OH is 1. The van der Waals surface area contributed by atoms with Crippen LogP contribution in [-0.4, -0.2) is 24.4 Å². The Morgan fingerprint density at radius 1 is 1.29 bits per heavy atom. The van der Waals surface area contributed by atoms with Gasteiger partial charge in [-0.1, -0.05) is 31.0 Å². The zero-order chi connectivity index (χ0) is 12.1. The molecule has 0 bridgehead atoms. The van der Waals surface area contributed by atoms with Crippen molar-refractivity contribution in [1.29, 1.82) is 0 Å². The van der Waals surface area contributed by atoms with E-state index in [2.05, 4.69) is 17.4 Å². The summed E-state index contributed by atoms with van der Waals surface area (Å²) in [6.07, 6.45) is 4.06. The minimum Gasteiger partial charge on any atom is -0.391 e. The van der Waals surface area contributed by atoms with Crippen LogP contribution in [0.3, 0.4) is 0 Å². The summed E-state index contributed by atoms with van der Waals surface area (Å²) in [7, 11) is 1.70. The lowest BCUT2D eigenvalue weighted by Crippen LogP contribution is -2.36. The standard InChI is InChI=1S/C14H21NO2/c1-17-10-11-6-2-3-7-12(11)15-13-8-4-5-9-14(13)16/h2-3,6-7,13-16H,4-5,8-10H2,1H3. The highest BCUT2D eigenvalue weighted by molar-refractivity contribution is 5.51. The second kappa shape index (κ2) is 6.03. The lowest BCUT2D eigenvalue weighted by molar-refractivity contribution is 0.116. The molecule has 1 aromatic rings. The lowest BCUT2D eigenvalue weighted by Gasteiger charge is -2.30. The quantitative estimate of drug-likeness (QED) is 0.842. The minimum absolute atomic E-state index is 0.182. The number of anilines is 1. The van der Waals surface area contributed by atoms with E-state index in [1.807, 2.05) is 12.1 Å². The van der Waals surface area contributed by atoms with Gasteiger partial charge >= 0.3 is 0 Å². The van der Waals surface area contributed by atoms with Crippen LogP contribution < -0.4 is 5.32 Å². The average molecular weight is 235 g/mol. The smallest absolute Gasteiger partial charge is 0.0741 e. The number of hydrogen-bond acceptors (Lipinski definition) is 3. The topological polar surface area (TPSA) is 41.5 Å². The van der Waals surface area contributed by atoms with E-state index in [0.717, 1.165) is 30.5 Å². The Morgan fingerprint density at radius 3 is 2.82 bits per heavy atom. The normalized spacial score (nSPS) is 24.6. The summed E-state index contributed by atoms with van der Waals surface area (Å²) < 4.78 is 5.18. The molecule has 17 heavy (non-hydrogen) atoms. The molecule has 1 saturated carbocycles. The molecule has 3 nitrogen and oxygen atoms in total. The molecule has 0 aromatic heterocycles. The van der Waals surface area contributed by atoms with Crippen LogP contribution in [0, 0.1) is 0 Å². The SMILES string of the molecule is COCc1ccccc1NC1CCCCC1O. The zero-order valence-corrected chi connectivity index (χ0v) is 10.4. The number of aliphatic hydroxyl groups is 1. The maximum atomic E-state index is 9.96. The van der Waals surface area contributed by atoms with Crippen molar-refractivity contribution < 1.29 is 9.84 Å². The first kappa shape index (κ1) is 12.4. The van der Waals surface area contributed by atoms with Crippen LogP contribution in [0.15, 0.2) is 24.3 Å². The number of benzene rings is 1. The molecule has 1 fully saturated rings. The van der Waals surface area contributed by atoms with Gasteiger partial charge in [0.25, 0.3) is 0 Å². The van der Waals surface area contributed by atoms with Crippen LogP contribution in [0.2, 0.25) is 0 Å². The third-order valence-corrected chi connectivity index (χ3v) is 3.39. The number of methoxy groups -OCH3 is 1. The fourth-order valence-electron chi connectivity index (χ4n) is 2.42. The van der Waals surface area contributed by atoms with E-state index >= 15 is 0 Å². The van der Waals surface area contributed by atoms with Gasteiger partial charge in [-0.3, -0.25) is 0 Å². The largest absolute Gasteiger partial charge is 0.391 e. The van der Waals surface area contributed by atoms with Crippen molar-refractivity contribution in [2.24, 2.45) is 0 Å². The minimum atomic E-state index is -0.223. The highest BCUT2D eigenvalue weighted by atomic mass is 16.5. The molecule has 2 N–H and O–H groups in total. The summed E-state index contributed by atoms with van der Waals surface area (Å²) in [4.78, 5) is 0. The van der Waals surface area contributed by atoms with Crippen LogP contribution in [0.4, 0.5) is 5.69 Å². The molecule has 2 atom stereocenters. The Labute approximate surface area is 103 Å². The first-order chi connectivity index (χ1) is 8.31. The van der Waals surface area contributed by atoms with Crippen LogP contribution in [0.5, 0.6) is 0 Å². The molecule has 0 radical (unpaired) electrons. The van der Waals surface area contributed by atoms with Crippen molar-refractivity contribution in [2.45, 2.75) is 44.4 Å². The van der Waals surface area contributed by atoms with E-state index in [1.165, 1.54) is 6.42 Å². The summed E-state index contributed by atoms with van der Waals surface area (Å²) >= 11 is 0. The van der Waals surface area contributed by atoms with E-state index in [4.69, 9.17) is 4.74 Å². The van der Waals surface area contributed by atoms with Crippen molar-refractivity contribution in [3.05, 3.63) is 29.8 Å². The third-order valence-electron chi connectivity index (χ3n) is 3.39. The zero-order valence-electron chi connectivity index (χ0n) is 10.4. The number of ether oxygens (including phenoxy) is 1. The van der Waals surface area contributed by atoms with Crippen molar-refractivity contribution in [3.63, 3.8) is 0 Å². The molecule has 0 spiro atoms. The number of rotatable bonds is 4. The van der Waals surface area contributed by atoms with E-state index < -0.39 is 0 Å². The molecule has 1 aromatic carbocycles. The van der Waals surface area contributed by atoms with Gasteiger partial charge in [-0.2, -0.15) is 0 Å². The van der Waals surface area contributed by atoms with Gasteiger partial charge in [-0.05, 0) is 18.9 Å². The molecule has 0 heterocycles. The predicted molar refractivity (Wildman–Crippen MR) is 69.0 cm³/mol. The van der Waals surface area contributed by atoms with Gasteiger partial charge in [0.15, 0.2) is 0 Å². The molecular weight excluding hydrogens is 214 g/mol. The molecule has 94 valence electrons. The van der Waals surface area contributed by atoms with Crippen LogP contribution >= 0.6 is 0 Å². The van der Waals surface area contributed by atoms with E-state index in [1.54, 1.807) is 7.11 Å². The van der Waals surface area contributed by atoms with Crippen molar-refractivity contribution >= 4 is 5.69 Å². The van der Waals surface area contributed by atoms with Gasteiger partial charge in [0.05, 0.1) is 18.8 Å². The first-order valence-electron chi connectivity index (χ1n) is 6.32. The Balaban J connectivity index is 2.06. The first-order valence-corrected chi connectivity index (χ1v) is 6.32. The number of hydrogen-bond donors (Lipinski definition) is 2. The monoisotopic (exact) mass is 235 g/mol. The second-order valence-electron chi connectivity index (χ2n) is 4.69. The van der Waals surface area contributed by atoms with Crippen LogP contribution in [0.25, 0.3) is 0 Å². The summed E-state index contributed by atoms with van der Waals surface area (Å²) in [6, 6.07) is 8.31. The summed E-state index contributed by atoms with van der Waals surface area (Å²) in [5.74, 6) is 0. The van der Waals surface area contributed by atoms with E-state index in [9.17, 15) is 5.11 Å². The Kier molecular flexibility index (Phi) is 4.40. The maximum absolute atomic E-state index is 9.96. The Bertz CT molecular complexity index is 354. The van der Waals surface area contributed by atoms with Crippen molar-refractivity contribution in [3.8, 4) is 0 Å². The van der Waals surface area contributed by atoms with Gasteiger partial charge < -0.3 is 15.2 Å². The summed E-state index contributed by atoms with van der Waals surface area (Å²) in [6.45, 7) is 0.603. The molecule has 3 heteroatoms. The highest BCUT2D eigenvalue weighted by Gasteiger charge is 2.23. The molecule has 0 amide bonds. The molecule has 0 aliphatic heterocycles. The highest BCUT2D eigenvalue weighted by Crippen LogP contribution is 2.24. The number of para-hydroxylation sites is 1. The van der Waals surface area contributed by atoms with E-state index in [-0.39, 0.29) is 12.1 Å². The van der Waals surface area contributed by atoms with Gasteiger partial charge in [-0.15, -0.1) is 0 Å². The van der Waals surface area contributed by atoms with Gasteiger partial charge in [0.2, 0.25) is 0 Å². The fraction of sp³-hybridized carbons (Fsp3) is 0.571. The number of nitrogens with one attached hydrogen (secondary N) is 1. The molecule has 1 aliphatic carbocycles. The summed E-state index contributed by atoms with van der Waals surface area (Å²) in [5.41, 5.74) is 2.23. The average Bonchev–Trinajstić information content (AvgIpc) is 2.35. The third kappa shape index (κ3) is 3.20. The summed E-state index contributed by atoms with van der Waals surface area (Å²) in [5, 5.41) is 13.4. The molecule has 2 unspecified atom stereocenters. The van der Waals surface area contributed by atoms with E-state index in [0.29, 0.717) is 6.61 Å².